The summed E-state index contributed by atoms with van der Waals surface area (Å²) in [6.07, 6.45) is 19.5. The molecule has 0 aliphatic heterocycles. The Morgan fingerprint density at radius 1 is 0.545 bits per heavy atom. The first-order valence-corrected chi connectivity index (χ1v) is 4.45. The second kappa shape index (κ2) is 5.96. The molecule has 0 aromatic carbocycles. The van der Waals surface area contributed by atoms with Gasteiger partial charge in [-0.25, -0.2) is 0 Å². The van der Waals surface area contributed by atoms with Crippen molar-refractivity contribution in [2.24, 2.45) is 0 Å². The number of hydrogen-bond acceptors (Lipinski definition) is 0. The Labute approximate surface area is 69.3 Å². The van der Waals surface area contributed by atoms with E-state index >= 15 is 0 Å². The van der Waals surface area contributed by atoms with Gasteiger partial charge in [-0.05, 0) is 32.1 Å². The Hall–Kier alpha value is -0.780. The third-order valence-electron chi connectivity index (χ3n) is 1.79. The molecule has 1 rings (SSSR count). The van der Waals surface area contributed by atoms with E-state index in [9.17, 15) is 0 Å². The van der Waals surface area contributed by atoms with E-state index in [0.717, 1.165) is 12.8 Å². The van der Waals surface area contributed by atoms with E-state index in [0.29, 0.717) is 0 Å². The Morgan fingerprint density at radius 3 is 1.55 bits per heavy atom. The highest BCUT2D eigenvalue weighted by Gasteiger charge is 1.81. The van der Waals surface area contributed by atoms with Gasteiger partial charge in [0.15, 0.2) is 0 Å². The van der Waals surface area contributed by atoms with E-state index in [-0.39, 0.29) is 0 Å². The minimum Gasteiger partial charge on any atom is -0.0882 e. The van der Waals surface area contributed by atoms with Gasteiger partial charge >= 0.3 is 0 Å². The number of hydrogen-bond donors (Lipinski definition) is 0. The average molecular weight is 148 g/mol. The van der Waals surface area contributed by atoms with Crippen molar-refractivity contribution in [3.63, 3.8) is 0 Å². The summed E-state index contributed by atoms with van der Waals surface area (Å²) in [4.78, 5) is 0. The minimum atomic E-state index is 1.10. The van der Waals surface area contributed by atoms with Crippen molar-refractivity contribution >= 4 is 0 Å². The first-order valence-electron chi connectivity index (χ1n) is 4.45. The zero-order valence-electron chi connectivity index (χ0n) is 7.00. The van der Waals surface area contributed by atoms with Gasteiger partial charge in [-0.1, -0.05) is 36.5 Å². The minimum absolute atomic E-state index is 1.10. The maximum Gasteiger partial charge on any atom is -0.0169 e. The van der Waals surface area contributed by atoms with Gasteiger partial charge in [0.1, 0.15) is 0 Å². The van der Waals surface area contributed by atoms with Gasteiger partial charge in [0.05, 0.1) is 0 Å². The molecule has 0 aromatic heterocycles. The van der Waals surface area contributed by atoms with Gasteiger partial charge in [-0.3, -0.25) is 0 Å². The zero-order chi connectivity index (χ0) is 7.78. The summed E-state index contributed by atoms with van der Waals surface area (Å²) in [6.45, 7) is 0. The normalized spacial score (nSPS) is 28.4. The molecular formula is C11H16. The fourth-order valence-electron chi connectivity index (χ4n) is 1.13. The quantitative estimate of drug-likeness (QED) is 0.460. The van der Waals surface area contributed by atoms with Crippen LogP contribution in [0.5, 0.6) is 0 Å². The molecule has 0 heterocycles. The van der Waals surface area contributed by atoms with Crippen molar-refractivity contribution in [1.29, 1.82) is 0 Å². The molecule has 0 N–H and O–H groups in total. The van der Waals surface area contributed by atoms with Crippen LogP contribution in [0.4, 0.5) is 0 Å². The van der Waals surface area contributed by atoms with Crippen LogP contribution in [-0.2, 0) is 0 Å². The van der Waals surface area contributed by atoms with Gasteiger partial charge in [0.2, 0.25) is 0 Å². The first kappa shape index (κ1) is 8.32. The zero-order valence-corrected chi connectivity index (χ0v) is 7.00. The summed E-state index contributed by atoms with van der Waals surface area (Å²) in [6, 6.07) is 0. The predicted molar refractivity (Wildman–Crippen MR) is 50.5 cm³/mol. The van der Waals surface area contributed by atoms with Gasteiger partial charge < -0.3 is 0 Å². The highest BCUT2D eigenvalue weighted by atomic mass is 13.9. The molecule has 1 aliphatic carbocycles. The predicted octanol–water partition coefficient (Wildman–Crippen LogP) is 3.62. The topological polar surface area (TPSA) is 0 Å². The van der Waals surface area contributed by atoms with E-state index < -0.39 is 0 Å². The molecule has 0 bridgehead atoms. The Bertz CT molecular complexity index is 143. The van der Waals surface area contributed by atoms with Crippen LogP contribution in [0, 0.1) is 0 Å². The van der Waals surface area contributed by atoms with Crippen LogP contribution in [0.25, 0.3) is 0 Å². The lowest BCUT2D eigenvalue weighted by atomic mass is 10.2. The molecule has 1 aliphatic rings. The lowest BCUT2D eigenvalue weighted by Crippen LogP contribution is -1.67. The van der Waals surface area contributed by atoms with Crippen LogP contribution < -0.4 is 0 Å². The fourth-order valence-corrected chi connectivity index (χ4v) is 1.13. The highest BCUT2D eigenvalue weighted by Crippen LogP contribution is 2.02. The van der Waals surface area contributed by atoms with Gasteiger partial charge in [-0.2, -0.15) is 0 Å². The monoisotopic (exact) mass is 148 g/mol. The van der Waals surface area contributed by atoms with Crippen molar-refractivity contribution in [2.75, 3.05) is 0 Å². The van der Waals surface area contributed by atoms with Crippen molar-refractivity contribution in [1.82, 2.24) is 0 Å². The molecule has 0 atom stereocenters. The van der Waals surface area contributed by atoms with Crippen molar-refractivity contribution in [3.05, 3.63) is 36.5 Å². The summed E-state index contributed by atoms with van der Waals surface area (Å²) in [7, 11) is 0. The lowest BCUT2D eigenvalue weighted by Gasteiger charge is -1.88. The second-order valence-corrected chi connectivity index (χ2v) is 2.82. The first-order chi connectivity index (χ1) is 5.50. The summed E-state index contributed by atoms with van der Waals surface area (Å²) in [5, 5.41) is 0. The van der Waals surface area contributed by atoms with E-state index in [4.69, 9.17) is 0 Å². The van der Waals surface area contributed by atoms with Crippen LogP contribution in [-0.4, -0.2) is 0 Å². The maximum atomic E-state index is 2.28. The summed E-state index contributed by atoms with van der Waals surface area (Å²) < 4.78 is 0. The van der Waals surface area contributed by atoms with Crippen LogP contribution >= 0.6 is 0 Å². The van der Waals surface area contributed by atoms with Crippen molar-refractivity contribution < 1.29 is 0 Å². The molecule has 0 amide bonds. The summed E-state index contributed by atoms with van der Waals surface area (Å²) in [5.41, 5.74) is 0. The molecule has 0 heteroatoms. The van der Waals surface area contributed by atoms with Crippen molar-refractivity contribution in [2.45, 2.75) is 32.1 Å². The fraction of sp³-hybridized carbons (Fsp3) is 0.455. The van der Waals surface area contributed by atoms with E-state index in [1.165, 1.54) is 19.3 Å². The smallest absolute Gasteiger partial charge is 0.0169 e. The van der Waals surface area contributed by atoms with Crippen LogP contribution in [0.2, 0.25) is 0 Å². The van der Waals surface area contributed by atoms with Crippen LogP contribution in [0.15, 0.2) is 36.5 Å². The lowest BCUT2D eigenvalue weighted by molar-refractivity contribution is 0.865. The van der Waals surface area contributed by atoms with Gasteiger partial charge in [0.25, 0.3) is 0 Å². The third-order valence-corrected chi connectivity index (χ3v) is 1.79. The molecule has 0 radical (unpaired) electrons. The van der Waals surface area contributed by atoms with Crippen molar-refractivity contribution in [3.8, 4) is 0 Å². The number of rotatable bonds is 0. The Balaban J connectivity index is 2.34. The summed E-state index contributed by atoms with van der Waals surface area (Å²) >= 11 is 0. The maximum absolute atomic E-state index is 2.28. The summed E-state index contributed by atoms with van der Waals surface area (Å²) in [5.74, 6) is 0. The van der Waals surface area contributed by atoms with E-state index in [2.05, 4.69) is 36.5 Å². The Morgan fingerprint density at radius 2 is 1.00 bits per heavy atom. The van der Waals surface area contributed by atoms with E-state index in [1.54, 1.807) is 0 Å². The SMILES string of the molecule is C1=C/C/C=C/CCC/C=C/C/1. The molecule has 0 saturated carbocycles. The van der Waals surface area contributed by atoms with Gasteiger partial charge in [0, 0.05) is 0 Å². The molecule has 0 nitrogen and oxygen atoms in total. The molecule has 0 spiro atoms. The van der Waals surface area contributed by atoms with E-state index in [1.807, 2.05) is 0 Å². The van der Waals surface area contributed by atoms with Crippen LogP contribution in [0.3, 0.4) is 0 Å². The second-order valence-electron chi connectivity index (χ2n) is 2.82. The highest BCUT2D eigenvalue weighted by molar-refractivity contribution is 4.98. The Kier molecular flexibility index (Phi) is 4.51. The molecule has 0 aromatic rings. The number of allylic oxidation sites excluding steroid dienone is 6. The third kappa shape index (κ3) is 4.60. The molecule has 0 unspecified atom stereocenters. The van der Waals surface area contributed by atoms with Gasteiger partial charge in [-0.15, -0.1) is 0 Å². The average Bonchev–Trinajstić information content (AvgIpc) is 2.08. The molecular weight excluding hydrogens is 132 g/mol. The van der Waals surface area contributed by atoms with Crippen LogP contribution in [0.1, 0.15) is 32.1 Å². The largest absolute Gasteiger partial charge is 0.0882 e. The standard InChI is InChI=1S/C11H16/c1-2-4-6-8-10-11-9-7-5-3-1/h1-2,5-8H,3-4,9-11H2/b2-1+,7-5+,8-6+. The molecule has 0 fully saturated rings. The molecule has 11 heavy (non-hydrogen) atoms. The molecule has 0 saturated heterocycles. The molecule has 60 valence electrons.